The van der Waals surface area contributed by atoms with Crippen LogP contribution in [0.4, 0.5) is 5.69 Å². The number of primary amides is 1. The lowest BCUT2D eigenvalue weighted by Gasteiger charge is -2.43. The molecule has 21 heavy (non-hydrogen) atoms. The molecular weight excluding hydrogens is 284 g/mol. The van der Waals surface area contributed by atoms with Gasteiger partial charge in [0, 0.05) is 11.6 Å². The second-order valence-corrected chi connectivity index (χ2v) is 7.96. The number of carbonyl (C=O) groups excluding carboxylic acids is 1. The Balaban J connectivity index is 1.93. The molecule has 2 aliphatic carbocycles. The number of nitrogens with two attached hydrogens (primary N) is 1. The van der Waals surface area contributed by atoms with E-state index in [1.807, 2.05) is 0 Å². The molecule has 1 aromatic rings. The van der Waals surface area contributed by atoms with Gasteiger partial charge in [0.05, 0.1) is 10.7 Å². The molecular formula is C17H23ClN2O. The molecule has 1 amide bonds. The SMILES string of the molecule is CC12CCC(C1)C(C)(C)C2Nc1cc(C(N)=O)ccc1Cl. The monoisotopic (exact) mass is 306 g/mol. The Hall–Kier alpha value is -1.22. The molecule has 4 heteroatoms. The Bertz CT molecular complexity index is 594. The van der Waals surface area contributed by atoms with Crippen LogP contribution in [0.3, 0.4) is 0 Å². The Morgan fingerprint density at radius 2 is 2.10 bits per heavy atom. The number of rotatable bonds is 3. The maximum atomic E-state index is 11.4. The molecule has 2 bridgehead atoms. The zero-order valence-corrected chi connectivity index (χ0v) is 13.6. The molecule has 0 heterocycles. The van der Waals surface area contributed by atoms with E-state index in [1.54, 1.807) is 18.2 Å². The van der Waals surface area contributed by atoms with E-state index in [0.717, 1.165) is 11.6 Å². The number of benzene rings is 1. The van der Waals surface area contributed by atoms with Crippen LogP contribution in [0.2, 0.25) is 5.02 Å². The first-order chi connectivity index (χ1) is 9.74. The van der Waals surface area contributed by atoms with Gasteiger partial charge in [-0.15, -0.1) is 0 Å². The number of amides is 1. The first-order valence-corrected chi connectivity index (χ1v) is 7.98. The van der Waals surface area contributed by atoms with E-state index in [4.69, 9.17) is 17.3 Å². The van der Waals surface area contributed by atoms with Gasteiger partial charge >= 0.3 is 0 Å². The highest BCUT2D eigenvalue weighted by Crippen LogP contribution is 2.63. The molecule has 0 aromatic heterocycles. The topological polar surface area (TPSA) is 55.1 Å². The van der Waals surface area contributed by atoms with E-state index in [-0.39, 0.29) is 5.41 Å². The van der Waals surface area contributed by atoms with Crippen LogP contribution in [0.15, 0.2) is 18.2 Å². The summed E-state index contributed by atoms with van der Waals surface area (Å²) in [6, 6.07) is 5.55. The lowest BCUT2D eigenvalue weighted by molar-refractivity contribution is 0.100. The summed E-state index contributed by atoms with van der Waals surface area (Å²) in [5.74, 6) is 0.339. The summed E-state index contributed by atoms with van der Waals surface area (Å²) < 4.78 is 0. The normalized spacial score (nSPS) is 33.1. The van der Waals surface area contributed by atoms with Crippen LogP contribution in [0.25, 0.3) is 0 Å². The molecule has 2 fully saturated rings. The van der Waals surface area contributed by atoms with Gasteiger partial charge in [0.1, 0.15) is 0 Å². The third-order valence-corrected chi connectivity index (χ3v) is 6.15. The maximum Gasteiger partial charge on any atom is 0.248 e. The summed E-state index contributed by atoms with van der Waals surface area (Å²) in [4.78, 5) is 11.4. The van der Waals surface area contributed by atoms with Crippen molar-refractivity contribution in [2.24, 2.45) is 22.5 Å². The van der Waals surface area contributed by atoms with Crippen LogP contribution < -0.4 is 11.1 Å². The van der Waals surface area contributed by atoms with Crippen LogP contribution >= 0.6 is 11.6 Å². The molecule has 3 nitrogen and oxygen atoms in total. The van der Waals surface area contributed by atoms with Crippen molar-refractivity contribution in [3.05, 3.63) is 28.8 Å². The van der Waals surface area contributed by atoms with Gasteiger partial charge < -0.3 is 11.1 Å². The fraction of sp³-hybridized carbons (Fsp3) is 0.588. The minimum absolute atomic E-state index is 0.235. The second-order valence-electron chi connectivity index (χ2n) is 7.55. The average molecular weight is 307 g/mol. The van der Waals surface area contributed by atoms with Crippen molar-refractivity contribution in [2.45, 2.75) is 46.1 Å². The lowest BCUT2D eigenvalue weighted by Crippen LogP contribution is -2.45. The number of halogens is 1. The number of hydrogen-bond acceptors (Lipinski definition) is 2. The highest BCUT2D eigenvalue weighted by Gasteiger charge is 2.59. The molecule has 3 N–H and O–H groups in total. The highest BCUT2D eigenvalue weighted by molar-refractivity contribution is 6.33. The molecule has 2 aliphatic rings. The quantitative estimate of drug-likeness (QED) is 0.884. The fourth-order valence-corrected chi connectivity index (χ4v) is 4.78. The molecule has 114 valence electrons. The summed E-state index contributed by atoms with van der Waals surface area (Å²) in [7, 11) is 0. The predicted molar refractivity (Wildman–Crippen MR) is 86.6 cm³/mol. The molecule has 1 aromatic carbocycles. The number of carbonyl (C=O) groups is 1. The van der Waals surface area contributed by atoms with Crippen molar-refractivity contribution in [1.82, 2.24) is 0 Å². The van der Waals surface area contributed by atoms with Crippen molar-refractivity contribution in [3.63, 3.8) is 0 Å². The summed E-state index contributed by atoms with van der Waals surface area (Å²) in [5.41, 5.74) is 7.22. The molecule has 0 spiro atoms. The lowest BCUT2D eigenvalue weighted by atomic mass is 9.68. The van der Waals surface area contributed by atoms with Gasteiger partial charge in [-0.05, 0) is 54.2 Å². The summed E-state index contributed by atoms with van der Waals surface area (Å²) >= 11 is 6.31. The first kappa shape index (κ1) is 14.7. The molecule has 0 aliphatic heterocycles. The van der Waals surface area contributed by atoms with E-state index in [1.165, 1.54) is 19.3 Å². The smallest absolute Gasteiger partial charge is 0.248 e. The molecule has 3 unspecified atom stereocenters. The minimum atomic E-state index is -0.423. The zero-order valence-electron chi connectivity index (χ0n) is 12.9. The molecule has 3 atom stereocenters. The van der Waals surface area contributed by atoms with E-state index < -0.39 is 5.91 Å². The summed E-state index contributed by atoms with van der Waals surface area (Å²) in [6.45, 7) is 7.04. The Labute approximate surface area is 131 Å². The van der Waals surface area contributed by atoms with Gasteiger partial charge in [-0.2, -0.15) is 0 Å². The number of nitrogens with one attached hydrogen (secondary N) is 1. The Morgan fingerprint density at radius 1 is 1.38 bits per heavy atom. The molecule has 3 rings (SSSR count). The summed E-state index contributed by atoms with van der Waals surface area (Å²) in [6.07, 6.45) is 3.84. The number of fused-ring (bicyclic) bond motifs is 2. The fourth-order valence-electron chi connectivity index (χ4n) is 4.61. The van der Waals surface area contributed by atoms with Crippen LogP contribution in [0.1, 0.15) is 50.4 Å². The van der Waals surface area contributed by atoms with Crippen molar-refractivity contribution >= 4 is 23.2 Å². The van der Waals surface area contributed by atoms with Crippen LogP contribution in [0.5, 0.6) is 0 Å². The molecule has 0 saturated heterocycles. The third kappa shape index (κ3) is 2.22. The van der Waals surface area contributed by atoms with E-state index in [0.29, 0.717) is 22.0 Å². The van der Waals surface area contributed by atoms with Gasteiger partial charge in [0.25, 0.3) is 0 Å². The Morgan fingerprint density at radius 3 is 2.67 bits per heavy atom. The highest BCUT2D eigenvalue weighted by atomic mass is 35.5. The van der Waals surface area contributed by atoms with Crippen molar-refractivity contribution in [1.29, 1.82) is 0 Å². The zero-order chi connectivity index (χ0) is 15.4. The Kier molecular flexibility index (Phi) is 3.25. The van der Waals surface area contributed by atoms with E-state index in [9.17, 15) is 4.79 Å². The van der Waals surface area contributed by atoms with E-state index in [2.05, 4.69) is 26.1 Å². The average Bonchev–Trinajstić information content (AvgIpc) is 2.87. The number of anilines is 1. The van der Waals surface area contributed by atoms with Gasteiger partial charge in [0.2, 0.25) is 5.91 Å². The van der Waals surface area contributed by atoms with Gasteiger partial charge in [-0.3, -0.25) is 4.79 Å². The molecule has 0 radical (unpaired) electrons. The van der Waals surface area contributed by atoms with Crippen LogP contribution in [-0.2, 0) is 0 Å². The minimum Gasteiger partial charge on any atom is -0.380 e. The van der Waals surface area contributed by atoms with Crippen LogP contribution in [-0.4, -0.2) is 11.9 Å². The third-order valence-electron chi connectivity index (χ3n) is 5.82. The second kappa shape index (κ2) is 4.64. The van der Waals surface area contributed by atoms with Gasteiger partial charge in [-0.25, -0.2) is 0 Å². The molecule has 2 saturated carbocycles. The first-order valence-electron chi connectivity index (χ1n) is 7.60. The van der Waals surface area contributed by atoms with Crippen molar-refractivity contribution in [3.8, 4) is 0 Å². The van der Waals surface area contributed by atoms with Crippen molar-refractivity contribution in [2.75, 3.05) is 5.32 Å². The van der Waals surface area contributed by atoms with Gasteiger partial charge in [-0.1, -0.05) is 32.4 Å². The predicted octanol–water partition coefficient (Wildman–Crippen LogP) is 4.07. The largest absolute Gasteiger partial charge is 0.380 e. The van der Waals surface area contributed by atoms with Crippen molar-refractivity contribution < 1.29 is 4.79 Å². The van der Waals surface area contributed by atoms with E-state index >= 15 is 0 Å². The van der Waals surface area contributed by atoms with Gasteiger partial charge in [0.15, 0.2) is 0 Å². The van der Waals surface area contributed by atoms with Crippen LogP contribution in [0, 0.1) is 16.7 Å². The number of hydrogen-bond donors (Lipinski definition) is 2. The maximum absolute atomic E-state index is 11.4. The standard InChI is InChI=1S/C17H23ClN2O/c1-16(2)11-6-7-17(3,9-11)15(16)20-13-8-10(14(19)21)4-5-12(13)18/h4-5,8,11,15,20H,6-7,9H2,1-3H3,(H2,19,21). The summed E-state index contributed by atoms with van der Waals surface area (Å²) in [5, 5.41) is 4.27.